The number of hydrogen-bond donors (Lipinski definition) is 1. The molecule has 0 bridgehead atoms. The lowest BCUT2D eigenvalue weighted by Gasteiger charge is -2.23. The first-order chi connectivity index (χ1) is 9.67. The van der Waals surface area contributed by atoms with Gasteiger partial charge >= 0.3 is 0 Å². The van der Waals surface area contributed by atoms with Crippen LogP contribution in [0.1, 0.15) is 5.56 Å². The number of pyridine rings is 1. The molecule has 2 rings (SSSR count). The number of nitrogens with zero attached hydrogens (tertiary/aromatic N) is 2. The lowest BCUT2D eigenvalue weighted by molar-refractivity contribution is 0.415. The van der Waals surface area contributed by atoms with E-state index in [-0.39, 0.29) is 5.82 Å². The Bertz CT molecular complexity index is 589. The van der Waals surface area contributed by atoms with E-state index in [1.807, 2.05) is 43.3 Å². The number of para-hydroxylation sites is 2. The van der Waals surface area contributed by atoms with E-state index < -0.39 is 0 Å². The molecule has 0 amide bonds. The summed E-state index contributed by atoms with van der Waals surface area (Å²) in [7, 11) is 5.33. The molecule has 5 heteroatoms. The van der Waals surface area contributed by atoms with Crippen LogP contribution in [0.5, 0.6) is 5.75 Å². The van der Waals surface area contributed by atoms with Crippen molar-refractivity contribution in [1.82, 2.24) is 10.3 Å². The van der Waals surface area contributed by atoms with Gasteiger partial charge in [0.1, 0.15) is 17.4 Å². The van der Waals surface area contributed by atoms with Crippen molar-refractivity contribution in [2.45, 2.75) is 6.54 Å². The number of benzene rings is 1. The van der Waals surface area contributed by atoms with Crippen molar-refractivity contribution in [1.29, 1.82) is 0 Å². The second kappa shape index (κ2) is 6.34. The molecule has 106 valence electrons. The summed E-state index contributed by atoms with van der Waals surface area (Å²) in [6.45, 7) is 0.541. The van der Waals surface area contributed by atoms with E-state index in [2.05, 4.69) is 10.3 Å². The monoisotopic (exact) mass is 275 g/mol. The van der Waals surface area contributed by atoms with E-state index in [1.54, 1.807) is 7.11 Å². The van der Waals surface area contributed by atoms with Gasteiger partial charge in [0.25, 0.3) is 0 Å². The van der Waals surface area contributed by atoms with Crippen LogP contribution in [-0.4, -0.2) is 26.2 Å². The second-order valence-electron chi connectivity index (χ2n) is 4.40. The SMILES string of the molecule is CNCc1cc(F)cnc1N(C)c1ccccc1OC. The molecular formula is C15H18FN3O. The maximum Gasteiger partial charge on any atom is 0.142 e. The summed E-state index contributed by atoms with van der Waals surface area (Å²) < 4.78 is 18.7. The minimum Gasteiger partial charge on any atom is -0.495 e. The molecule has 4 nitrogen and oxygen atoms in total. The largest absolute Gasteiger partial charge is 0.495 e. The average molecular weight is 275 g/mol. The summed E-state index contributed by atoms with van der Waals surface area (Å²) in [5.41, 5.74) is 1.67. The third-order valence-corrected chi connectivity index (χ3v) is 3.04. The Kier molecular flexibility index (Phi) is 4.53. The van der Waals surface area contributed by atoms with Crippen molar-refractivity contribution in [3.63, 3.8) is 0 Å². The molecule has 0 saturated heterocycles. The third kappa shape index (κ3) is 2.88. The van der Waals surface area contributed by atoms with E-state index in [9.17, 15) is 4.39 Å². The van der Waals surface area contributed by atoms with E-state index >= 15 is 0 Å². The van der Waals surface area contributed by atoms with Crippen molar-refractivity contribution in [3.8, 4) is 5.75 Å². The van der Waals surface area contributed by atoms with Gasteiger partial charge < -0.3 is 15.0 Å². The van der Waals surface area contributed by atoms with Crippen LogP contribution >= 0.6 is 0 Å². The van der Waals surface area contributed by atoms with E-state index in [0.717, 1.165) is 17.0 Å². The number of rotatable bonds is 5. The fourth-order valence-corrected chi connectivity index (χ4v) is 2.12. The molecule has 2 aromatic rings. The highest BCUT2D eigenvalue weighted by molar-refractivity contribution is 5.68. The summed E-state index contributed by atoms with van der Waals surface area (Å²) in [4.78, 5) is 6.10. The highest BCUT2D eigenvalue weighted by atomic mass is 19.1. The molecule has 0 aliphatic carbocycles. The van der Waals surface area contributed by atoms with Crippen LogP contribution in [0.3, 0.4) is 0 Å². The van der Waals surface area contributed by atoms with E-state index in [1.165, 1.54) is 12.3 Å². The van der Waals surface area contributed by atoms with Gasteiger partial charge in [0.2, 0.25) is 0 Å². The van der Waals surface area contributed by atoms with Gasteiger partial charge in [-0.2, -0.15) is 0 Å². The lowest BCUT2D eigenvalue weighted by Crippen LogP contribution is -2.17. The van der Waals surface area contributed by atoms with Crippen LogP contribution in [0.2, 0.25) is 0 Å². The Morgan fingerprint density at radius 3 is 2.80 bits per heavy atom. The highest BCUT2D eigenvalue weighted by Gasteiger charge is 2.14. The quantitative estimate of drug-likeness (QED) is 0.910. The first-order valence-electron chi connectivity index (χ1n) is 6.33. The van der Waals surface area contributed by atoms with Gasteiger partial charge in [0.05, 0.1) is 19.0 Å². The summed E-state index contributed by atoms with van der Waals surface area (Å²) in [6, 6.07) is 9.14. The topological polar surface area (TPSA) is 37.4 Å². The molecular weight excluding hydrogens is 257 g/mol. The van der Waals surface area contributed by atoms with Crippen LogP contribution in [0.15, 0.2) is 36.5 Å². The van der Waals surface area contributed by atoms with Gasteiger partial charge in [0.15, 0.2) is 0 Å². The predicted octanol–water partition coefficient (Wildman–Crippen LogP) is 2.72. The Balaban J connectivity index is 2.44. The Hall–Kier alpha value is -2.14. The third-order valence-electron chi connectivity index (χ3n) is 3.04. The number of hydrogen-bond acceptors (Lipinski definition) is 4. The highest BCUT2D eigenvalue weighted by Crippen LogP contribution is 2.32. The molecule has 1 heterocycles. The predicted molar refractivity (Wildman–Crippen MR) is 78.0 cm³/mol. The van der Waals surface area contributed by atoms with Crippen molar-refractivity contribution in [2.75, 3.05) is 26.1 Å². The summed E-state index contributed by atoms with van der Waals surface area (Å²) in [6.07, 6.45) is 1.22. The molecule has 0 aliphatic heterocycles. The summed E-state index contributed by atoms with van der Waals surface area (Å²) >= 11 is 0. The van der Waals surface area contributed by atoms with Gasteiger partial charge in [-0.05, 0) is 25.2 Å². The standard InChI is InChI=1S/C15H18FN3O/c1-17-9-11-8-12(16)10-18-15(11)19(2)13-6-4-5-7-14(13)20-3/h4-8,10,17H,9H2,1-3H3. The van der Waals surface area contributed by atoms with Crippen LogP contribution in [0.25, 0.3) is 0 Å². The van der Waals surface area contributed by atoms with Crippen LogP contribution in [0.4, 0.5) is 15.9 Å². The Labute approximate surface area is 118 Å². The number of nitrogens with one attached hydrogen (secondary N) is 1. The first-order valence-corrected chi connectivity index (χ1v) is 6.33. The minimum atomic E-state index is -0.340. The molecule has 20 heavy (non-hydrogen) atoms. The lowest BCUT2D eigenvalue weighted by atomic mass is 10.2. The molecule has 1 aromatic carbocycles. The second-order valence-corrected chi connectivity index (χ2v) is 4.40. The number of methoxy groups -OCH3 is 1. The molecule has 0 atom stereocenters. The zero-order valence-electron chi connectivity index (χ0n) is 11.9. The number of ether oxygens (including phenoxy) is 1. The van der Waals surface area contributed by atoms with Gasteiger partial charge in [-0.25, -0.2) is 9.37 Å². The van der Waals surface area contributed by atoms with Gasteiger partial charge in [-0.3, -0.25) is 0 Å². The normalized spacial score (nSPS) is 10.4. The van der Waals surface area contributed by atoms with Gasteiger partial charge in [-0.15, -0.1) is 0 Å². The van der Waals surface area contributed by atoms with Crippen LogP contribution in [0, 0.1) is 5.82 Å². The molecule has 0 saturated carbocycles. The zero-order chi connectivity index (χ0) is 14.5. The number of aromatic nitrogens is 1. The molecule has 0 fully saturated rings. The molecule has 0 spiro atoms. The van der Waals surface area contributed by atoms with Crippen molar-refractivity contribution >= 4 is 11.5 Å². The van der Waals surface area contributed by atoms with Crippen LogP contribution < -0.4 is 15.0 Å². The first kappa shape index (κ1) is 14.3. The number of anilines is 2. The van der Waals surface area contributed by atoms with E-state index in [4.69, 9.17) is 4.74 Å². The fraction of sp³-hybridized carbons (Fsp3) is 0.267. The fourth-order valence-electron chi connectivity index (χ4n) is 2.12. The smallest absolute Gasteiger partial charge is 0.142 e. The summed E-state index contributed by atoms with van der Waals surface area (Å²) in [5, 5.41) is 3.02. The molecule has 0 aliphatic rings. The van der Waals surface area contributed by atoms with Crippen molar-refractivity contribution in [2.24, 2.45) is 0 Å². The van der Waals surface area contributed by atoms with Crippen molar-refractivity contribution in [3.05, 3.63) is 47.9 Å². The van der Waals surface area contributed by atoms with E-state index in [0.29, 0.717) is 12.4 Å². The average Bonchev–Trinajstić information content (AvgIpc) is 2.47. The Morgan fingerprint density at radius 1 is 1.35 bits per heavy atom. The minimum absolute atomic E-state index is 0.340. The maximum atomic E-state index is 13.3. The number of halogens is 1. The molecule has 1 aromatic heterocycles. The molecule has 0 radical (unpaired) electrons. The Morgan fingerprint density at radius 2 is 2.10 bits per heavy atom. The van der Waals surface area contributed by atoms with Gasteiger partial charge in [0, 0.05) is 19.2 Å². The molecule has 1 N–H and O–H groups in total. The van der Waals surface area contributed by atoms with Crippen molar-refractivity contribution < 1.29 is 9.13 Å². The maximum absolute atomic E-state index is 13.3. The van der Waals surface area contributed by atoms with Crippen LogP contribution in [-0.2, 0) is 6.54 Å². The molecule has 0 unspecified atom stereocenters. The zero-order valence-corrected chi connectivity index (χ0v) is 11.9. The van der Waals surface area contributed by atoms with Gasteiger partial charge in [-0.1, -0.05) is 12.1 Å². The summed E-state index contributed by atoms with van der Waals surface area (Å²) in [5.74, 6) is 1.11.